The first-order valence-corrected chi connectivity index (χ1v) is 5.98. The van der Waals surface area contributed by atoms with E-state index in [0.29, 0.717) is 0 Å². The molecule has 0 spiro atoms. The maximum atomic E-state index is 5.99. The molecule has 0 aliphatic carbocycles. The zero-order valence-corrected chi connectivity index (χ0v) is 11.1. The maximum absolute atomic E-state index is 5.99. The van der Waals surface area contributed by atoms with E-state index in [1.165, 1.54) is 0 Å². The fourth-order valence-electron chi connectivity index (χ4n) is 1.94. The Labute approximate surface area is 108 Å². The third-order valence-electron chi connectivity index (χ3n) is 2.91. The summed E-state index contributed by atoms with van der Waals surface area (Å²) in [5.74, 6) is 0. The summed E-state index contributed by atoms with van der Waals surface area (Å²) in [6.07, 6.45) is 0. The van der Waals surface area contributed by atoms with Crippen LogP contribution < -0.4 is 10.7 Å². The number of nitrogens with two attached hydrogens (primary N) is 1. The van der Waals surface area contributed by atoms with E-state index in [-0.39, 0.29) is 0 Å². The zero-order valence-electron chi connectivity index (χ0n) is 11.1. The molecule has 2 aromatic carbocycles. The summed E-state index contributed by atoms with van der Waals surface area (Å²) in [7, 11) is 4.03. The minimum absolute atomic E-state index is 0.815. The highest BCUT2D eigenvalue weighted by Gasteiger charge is 2.11. The van der Waals surface area contributed by atoms with Crippen LogP contribution >= 0.6 is 0 Å². The fraction of sp³-hybridized carbons (Fsp3) is 0.200. The van der Waals surface area contributed by atoms with Gasteiger partial charge in [0.1, 0.15) is 0 Å². The standard InChI is InChI=1S/C15H19N3/c1-12-9-10-14(11-15(12)16)18(17(2)3)13-7-5-4-6-8-13/h4-11H,16H2,1-3H3. The van der Waals surface area contributed by atoms with Crippen LogP contribution in [0, 0.1) is 6.92 Å². The quantitative estimate of drug-likeness (QED) is 0.661. The molecule has 0 aliphatic rings. The van der Waals surface area contributed by atoms with Gasteiger partial charge in [-0.15, -0.1) is 0 Å². The first kappa shape index (κ1) is 12.5. The summed E-state index contributed by atoms with van der Waals surface area (Å²) < 4.78 is 0. The van der Waals surface area contributed by atoms with E-state index in [0.717, 1.165) is 22.6 Å². The fourth-order valence-corrected chi connectivity index (χ4v) is 1.94. The summed E-state index contributed by atoms with van der Waals surface area (Å²) >= 11 is 0. The second-order valence-corrected chi connectivity index (χ2v) is 4.54. The van der Waals surface area contributed by atoms with Gasteiger partial charge < -0.3 is 5.73 Å². The number of aryl methyl sites for hydroxylation is 1. The Morgan fingerprint density at radius 3 is 2.11 bits per heavy atom. The van der Waals surface area contributed by atoms with E-state index in [1.807, 2.05) is 56.4 Å². The first-order valence-electron chi connectivity index (χ1n) is 5.98. The molecule has 0 unspecified atom stereocenters. The van der Waals surface area contributed by atoms with Gasteiger partial charge in [0.15, 0.2) is 0 Å². The van der Waals surface area contributed by atoms with Gasteiger partial charge in [-0.05, 0) is 36.8 Å². The zero-order chi connectivity index (χ0) is 13.1. The Bertz CT molecular complexity index is 521. The molecule has 0 heterocycles. The normalized spacial score (nSPS) is 10.7. The highest BCUT2D eigenvalue weighted by Crippen LogP contribution is 2.28. The Morgan fingerprint density at radius 2 is 1.56 bits per heavy atom. The molecule has 94 valence electrons. The Balaban J connectivity index is 2.45. The van der Waals surface area contributed by atoms with Gasteiger partial charge in [-0.3, -0.25) is 5.01 Å². The van der Waals surface area contributed by atoms with Gasteiger partial charge in [0.05, 0.1) is 11.4 Å². The van der Waals surface area contributed by atoms with Crippen LogP contribution in [0.25, 0.3) is 0 Å². The molecule has 0 aromatic heterocycles. The van der Waals surface area contributed by atoms with E-state index in [4.69, 9.17) is 5.73 Å². The van der Waals surface area contributed by atoms with Crippen molar-refractivity contribution >= 4 is 17.1 Å². The lowest BCUT2D eigenvalue weighted by Crippen LogP contribution is -2.32. The van der Waals surface area contributed by atoms with Gasteiger partial charge in [-0.2, -0.15) is 0 Å². The SMILES string of the molecule is Cc1ccc(N(c2ccccc2)N(C)C)cc1N. The second-order valence-electron chi connectivity index (χ2n) is 4.54. The van der Waals surface area contributed by atoms with Crippen LogP contribution in [0.5, 0.6) is 0 Å². The number of rotatable bonds is 3. The molecule has 0 fully saturated rings. The van der Waals surface area contributed by atoms with Crippen LogP contribution in [0.3, 0.4) is 0 Å². The van der Waals surface area contributed by atoms with Crippen molar-refractivity contribution in [2.45, 2.75) is 6.92 Å². The lowest BCUT2D eigenvalue weighted by atomic mass is 10.1. The third kappa shape index (κ3) is 2.46. The van der Waals surface area contributed by atoms with Crippen molar-refractivity contribution in [2.75, 3.05) is 24.8 Å². The largest absolute Gasteiger partial charge is 0.398 e. The number of hydrogen-bond acceptors (Lipinski definition) is 3. The molecule has 3 nitrogen and oxygen atoms in total. The van der Waals surface area contributed by atoms with Gasteiger partial charge in [-0.25, -0.2) is 5.01 Å². The highest BCUT2D eigenvalue weighted by molar-refractivity contribution is 5.67. The number of hydrogen-bond donors (Lipinski definition) is 1. The molecular formula is C15H19N3. The van der Waals surface area contributed by atoms with E-state index in [1.54, 1.807) is 0 Å². The molecule has 18 heavy (non-hydrogen) atoms. The van der Waals surface area contributed by atoms with Gasteiger partial charge in [0.2, 0.25) is 0 Å². The topological polar surface area (TPSA) is 32.5 Å². The van der Waals surface area contributed by atoms with Gasteiger partial charge in [0.25, 0.3) is 0 Å². The number of para-hydroxylation sites is 1. The molecule has 2 N–H and O–H groups in total. The predicted molar refractivity (Wildman–Crippen MR) is 77.9 cm³/mol. The minimum atomic E-state index is 0.815. The summed E-state index contributed by atoms with van der Waals surface area (Å²) in [5.41, 5.74) is 10.1. The number of nitrogens with zero attached hydrogens (tertiary/aromatic N) is 2. The Kier molecular flexibility index (Phi) is 3.53. The third-order valence-corrected chi connectivity index (χ3v) is 2.91. The average molecular weight is 241 g/mol. The van der Waals surface area contributed by atoms with Crippen molar-refractivity contribution in [3.05, 3.63) is 54.1 Å². The van der Waals surface area contributed by atoms with Crippen LogP contribution in [-0.4, -0.2) is 19.1 Å². The molecule has 0 saturated heterocycles. The summed E-state index contributed by atoms with van der Waals surface area (Å²) in [4.78, 5) is 0. The van der Waals surface area contributed by atoms with Crippen LogP contribution in [-0.2, 0) is 0 Å². The summed E-state index contributed by atoms with van der Waals surface area (Å²) in [6.45, 7) is 2.02. The predicted octanol–water partition coefficient (Wildman–Crippen LogP) is 3.19. The molecule has 2 rings (SSSR count). The number of hydrazine groups is 1. The summed E-state index contributed by atoms with van der Waals surface area (Å²) in [5, 5.41) is 4.16. The minimum Gasteiger partial charge on any atom is -0.398 e. The van der Waals surface area contributed by atoms with Crippen LogP contribution in [0.4, 0.5) is 17.1 Å². The van der Waals surface area contributed by atoms with Crippen molar-refractivity contribution < 1.29 is 0 Å². The average Bonchev–Trinajstić information content (AvgIpc) is 2.35. The molecule has 2 aromatic rings. The molecule has 0 saturated carbocycles. The number of nitrogen functional groups attached to an aromatic ring is 1. The molecule has 3 heteroatoms. The van der Waals surface area contributed by atoms with E-state index in [2.05, 4.69) is 23.2 Å². The number of anilines is 3. The smallest absolute Gasteiger partial charge is 0.0600 e. The molecule has 0 atom stereocenters. The molecule has 0 radical (unpaired) electrons. The van der Waals surface area contributed by atoms with Crippen molar-refractivity contribution in [3.63, 3.8) is 0 Å². The Morgan fingerprint density at radius 1 is 0.889 bits per heavy atom. The molecule has 0 bridgehead atoms. The molecular weight excluding hydrogens is 222 g/mol. The lowest BCUT2D eigenvalue weighted by Gasteiger charge is -2.31. The van der Waals surface area contributed by atoms with Gasteiger partial charge in [0, 0.05) is 19.8 Å². The van der Waals surface area contributed by atoms with Crippen molar-refractivity contribution in [1.82, 2.24) is 5.01 Å². The van der Waals surface area contributed by atoms with Crippen molar-refractivity contribution in [3.8, 4) is 0 Å². The Hall–Kier alpha value is -2.00. The second kappa shape index (κ2) is 5.10. The van der Waals surface area contributed by atoms with Crippen molar-refractivity contribution in [1.29, 1.82) is 0 Å². The highest BCUT2D eigenvalue weighted by atomic mass is 15.6. The monoisotopic (exact) mass is 241 g/mol. The van der Waals surface area contributed by atoms with Gasteiger partial charge in [-0.1, -0.05) is 24.3 Å². The lowest BCUT2D eigenvalue weighted by molar-refractivity contribution is 0.418. The molecule has 0 aliphatic heterocycles. The summed E-state index contributed by atoms with van der Waals surface area (Å²) in [6, 6.07) is 16.4. The van der Waals surface area contributed by atoms with E-state index >= 15 is 0 Å². The van der Waals surface area contributed by atoms with Crippen LogP contribution in [0.2, 0.25) is 0 Å². The first-order chi connectivity index (χ1) is 8.59. The van der Waals surface area contributed by atoms with Crippen LogP contribution in [0.15, 0.2) is 48.5 Å². The molecule has 0 amide bonds. The number of benzene rings is 2. The van der Waals surface area contributed by atoms with E-state index < -0.39 is 0 Å². The van der Waals surface area contributed by atoms with E-state index in [9.17, 15) is 0 Å². The van der Waals surface area contributed by atoms with Crippen molar-refractivity contribution in [2.24, 2.45) is 0 Å². The van der Waals surface area contributed by atoms with Gasteiger partial charge >= 0.3 is 0 Å². The maximum Gasteiger partial charge on any atom is 0.0600 e. The van der Waals surface area contributed by atoms with Crippen LogP contribution in [0.1, 0.15) is 5.56 Å².